The number of amides is 1. The lowest BCUT2D eigenvalue weighted by molar-refractivity contribution is 0.0690. The van der Waals surface area contributed by atoms with Gasteiger partial charge in [-0.1, -0.05) is 19.1 Å². The van der Waals surface area contributed by atoms with Crippen molar-refractivity contribution in [1.82, 2.24) is 5.32 Å². The van der Waals surface area contributed by atoms with Crippen molar-refractivity contribution in [3.05, 3.63) is 35.4 Å². The summed E-state index contributed by atoms with van der Waals surface area (Å²) in [6.45, 7) is 1.65. The number of hydrogen-bond donors (Lipinski definition) is 3. The van der Waals surface area contributed by atoms with Crippen molar-refractivity contribution in [1.29, 1.82) is 0 Å². The van der Waals surface area contributed by atoms with E-state index in [-0.39, 0.29) is 23.8 Å². The van der Waals surface area contributed by atoms with E-state index < -0.39 is 11.9 Å². The second-order valence-electron chi connectivity index (χ2n) is 3.61. The normalized spacial score (nSPS) is 11.9. The summed E-state index contributed by atoms with van der Waals surface area (Å²) in [5.74, 6) is -1.63. The van der Waals surface area contributed by atoms with Gasteiger partial charge in [0.15, 0.2) is 0 Å². The van der Waals surface area contributed by atoms with Crippen LogP contribution in [0.2, 0.25) is 0 Å². The molecule has 1 aromatic rings. The molecule has 5 nitrogen and oxygen atoms in total. The van der Waals surface area contributed by atoms with E-state index in [2.05, 4.69) is 5.32 Å². The molecule has 1 aromatic carbocycles. The molecule has 1 rings (SSSR count). The van der Waals surface area contributed by atoms with E-state index in [4.69, 9.17) is 10.2 Å². The minimum absolute atomic E-state index is 0.0437. The lowest BCUT2D eigenvalue weighted by atomic mass is 10.1. The number of carboxylic acids is 1. The molecule has 92 valence electrons. The molecule has 0 saturated heterocycles. The van der Waals surface area contributed by atoms with Crippen molar-refractivity contribution < 1.29 is 19.8 Å². The number of benzene rings is 1. The molecule has 0 radical (unpaired) electrons. The predicted molar refractivity (Wildman–Crippen MR) is 62.0 cm³/mol. The molecule has 0 bridgehead atoms. The zero-order valence-corrected chi connectivity index (χ0v) is 9.51. The first-order valence-electron chi connectivity index (χ1n) is 5.34. The minimum atomic E-state index is -1.15. The van der Waals surface area contributed by atoms with Crippen molar-refractivity contribution >= 4 is 11.9 Å². The molecule has 0 fully saturated rings. The minimum Gasteiger partial charge on any atom is -0.478 e. The summed E-state index contributed by atoms with van der Waals surface area (Å²) in [4.78, 5) is 22.7. The van der Waals surface area contributed by atoms with Crippen molar-refractivity contribution in [2.75, 3.05) is 6.61 Å². The maximum absolute atomic E-state index is 11.8. The van der Waals surface area contributed by atoms with E-state index in [1.54, 1.807) is 12.1 Å². The first kappa shape index (κ1) is 13.2. The SMILES string of the molecule is CC[C@@H](CO)NC(=O)c1ccccc1C(=O)O. The lowest BCUT2D eigenvalue weighted by Gasteiger charge is -2.14. The first-order valence-corrected chi connectivity index (χ1v) is 5.34. The summed E-state index contributed by atoms with van der Waals surface area (Å²) in [5.41, 5.74) is 0.0599. The highest BCUT2D eigenvalue weighted by atomic mass is 16.4. The third-order valence-corrected chi connectivity index (χ3v) is 2.45. The molecule has 0 spiro atoms. The standard InChI is InChI=1S/C12H15NO4/c1-2-8(7-14)13-11(15)9-5-3-4-6-10(9)12(16)17/h3-6,8,14H,2,7H2,1H3,(H,13,15)(H,16,17)/t8-/m0/s1. The molecule has 3 N–H and O–H groups in total. The number of carbonyl (C=O) groups excluding carboxylic acids is 1. The van der Waals surface area contributed by atoms with E-state index in [0.29, 0.717) is 6.42 Å². The Labute approximate surface area is 99.1 Å². The molecule has 0 heterocycles. The number of nitrogens with one attached hydrogen (secondary N) is 1. The van der Waals surface area contributed by atoms with Gasteiger partial charge in [0.05, 0.1) is 23.8 Å². The summed E-state index contributed by atoms with van der Waals surface area (Å²) in [6, 6.07) is 5.62. The number of aliphatic hydroxyl groups is 1. The zero-order chi connectivity index (χ0) is 12.8. The van der Waals surface area contributed by atoms with Gasteiger partial charge in [-0.25, -0.2) is 4.79 Å². The second kappa shape index (κ2) is 6.00. The highest BCUT2D eigenvalue weighted by Gasteiger charge is 2.17. The van der Waals surface area contributed by atoms with Crippen LogP contribution in [0, 0.1) is 0 Å². The van der Waals surface area contributed by atoms with Gasteiger partial charge in [-0.05, 0) is 18.6 Å². The Bertz CT molecular complexity index is 413. The largest absolute Gasteiger partial charge is 0.478 e. The van der Waals surface area contributed by atoms with Crippen LogP contribution in [0.25, 0.3) is 0 Å². The fourth-order valence-electron chi connectivity index (χ4n) is 1.41. The number of rotatable bonds is 5. The van der Waals surface area contributed by atoms with Crippen molar-refractivity contribution in [3.63, 3.8) is 0 Å². The first-order chi connectivity index (χ1) is 8.10. The third kappa shape index (κ3) is 3.29. The van der Waals surface area contributed by atoms with E-state index in [0.717, 1.165) is 0 Å². The summed E-state index contributed by atoms with van der Waals surface area (Å²) in [5, 5.41) is 20.5. The van der Waals surface area contributed by atoms with E-state index >= 15 is 0 Å². The highest BCUT2D eigenvalue weighted by molar-refractivity contribution is 6.04. The Balaban J connectivity index is 2.92. The Kier molecular flexibility index (Phi) is 4.66. The van der Waals surface area contributed by atoms with Crippen LogP contribution >= 0.6 is 0 Å². The van der Waals surface area contributed by atoms with Crippen LogP contribution in [0.15, 0.2) is 24.3 Å². The Hall–Kier alpha value is -1.88. The average molecular weight is 237 g/mol. The molecule has 0 unspecified atom stereocenters. The van der Waals surface area contributed by atoms with Crippen molar-refractivity contribution in [2.45, 2.75) is 19.4 Å². The fourth-order valence-corrected chi connectivity index (χ4v) is 1.41. The summed E-state index contributed by atoms with van der Waals surface area (Å²) in [7, 11) is 0. The van der Waals surface area contributed by atoms with Gasteiger partial charge in [0.25, 0.3) is 5.91 Å². The van der Waals surface area contributed by atoms with Gasteiger partial charge in [0, 0.05) is 0 Å². The van der Waals surface area contributed by atoms with Gasteiger partial charge in [-0.3, -0.25) is 4.79 Å². The number of hydrogen-bond acceptors (Lipinski definition) is 3. The number of aromatic carboxylic acids is 1. The van der Waals surface area contributed by atoms with E-state index in [1.165, 1.54) is 12.1 Å². The van der Waals surface area contributed by atoms with Gasteiger partial charge in [-0.2, -0.15) is 0 Å². The van der Waals surface area contributed by atoms with E-state index in [9.17, 15) is 9.59 Å². The highest BCUT2D eigenvalue weighted by Crippen LogP contribution is 2.09. The van der Waals surface area contributed by atoms with Crippen LogP contribution in [-0.2, 0) is 0 Å². The van der Waals surface area contributed by atoms with Crippen LogP contribution in [0.1, 0.15) is 34.1 Å². The van der Waals surface area contributed by atoms with Gasteiger partial charge in [0.1, 0.15) is 0 Å². The van der Waals surface area contributed by atoms with E-state index in [1.807, 2.05) is 6.92 Å². The molecule has 0 saturated carbocycles. The van der Waals surface area contributed by atoms with Gasteiger partial charge in [-0.15, -0.1) is 0 Å². The quantitative estimate of drug-likeness (QED) is 0.709. The van der Waals surface area contributed by atoms with Crippen LogP contribution in [0.4, 0.5) is 0 Å². The van der Waals surface area contributed by atoms with Crippen molar-refractivity contribution in [2.24, 2.45) is 0 Å². The summed E-state index contributed by atoms with van der Waals surface area (Å²) in [6.07, 6.45) is 0.581. The Morgan fingerprint density at radius 3 is 2.35 bits per heavy atom. The molecule has 5 heteroatoms. The van der Waals surface area contributed by atoms with Crippen LogP contribution in [0.3, 0.4) is 0 Å². The van der Waals surface area contributed by atoms with Gasteiger partial charge < -0.3 is 15.5 Å². The molecule has 0 aliphatic rings. The third-order valence-electron chi connectivity index (χ3n) is 2.45. The smallest absolute Gasteiger partial charge is 0.336 e. The maximum Gasteiger partial charge on any atom is 0.336 e. The second-order valence-corrected chi connectivity index (χ2v) is 3.61. The van der Waals surface area contributed by atoms with Crippen LogP contribution in [0.5, 0.6) is 0 Å². The zero-order valence-electron chi connectivity index (χ0n) is 9.51. The fraction of sp³-hybridized carbons (Fsp3) is 0.333. The Morgan fingerprint density at radius 1 is 1.29 bits per heavy atom. The summed E-state index contributed by atoms with van der Waals surface area (Å²) >= 11 is 0. The number of aliphatic hydroxyl groups excluding tert-OH is 1. The van der Waals surface area contributed by atoms with Gasteiger partial charge in [0.2, 0.25) is 0 Å². The molecule has 1 amide bonds. The van der Waals surface area contributed by atoms with Crippen LogP contribution < -0.4 is 5.32 Å². The molecule has 0 aromatic heterocycles. The average Bonchev–Trinajstić information content (AvgIpc) is 2.35. The molecule has 0 aliphatic heterocycles. The lowest BCUT2D eigenvalue weighted by Crippen LogP contribution is -2.37. The molecular formula is C12H15NO4. The Morgan fingerprint density at radius 2 is 1.88 bits per heavy atom. The molecular weight excluding hydrogens is 222 g/mol. The van der Waals surface area contributed by atoms with Crippen LogP contribution in [-0.4, -0.2) is 34.7 Å². The maximum atomic E-state index is 11.8. The van der Waals surface area contributed by atoms with Gasteiger partial charge >= 0.3 is 5.97 Å². The molecule has 0 aliphatic carbocycles. The molecule has 17 heavy (non-hydrogen) atoms. The van der Waals surface area contributed by atoms with Crippen molar-refractivity contribution in [3.8, 4) is 0 Å². The monoisotopic (exact) mass is 237 g/mol. The number of carboxylic acid groups (broad SMARTS) is 1. The topological polar surface area (TPSA) is 86.6 Å². The predicted octanol–water partition coefficient (Wildman–Crippen LogP) is 0.886. The summed E-state index contributed by atoms with van der Waals surface area (Å²) < 4.78 is 0. The molecule has 1 atom stereocenters. The number of carbonyl (C=O) groups is 2.